The predicted octanol–water partition coefficient (Wildman–Crippen LogP) is 6.45. The maximum atomic E-state index is 4.60. The van der Waals surface area contributed by atoms with E-state index in [0.29, 0.717) is 5.92 Å². The van der Waals surface area contributed by atoms with E-state index < -0.39 is 0 Å². The maximum Gasteiger partial charge on any atom is 0.0501 e. The molecular weight excluding hydrogens is 416 g/mol. The first-order chi connectivity index (χ1) is 16.3. The van der Waals surface area contributed by atoms with Crippen molar-refractivity contribution in [2.75, 3.05) is 26.2 Å². The number of aryl methyl sites for hydroxylation is 2. The summed E-state index contributed by atoms with van der Waals surface area (Å²) in [6.45, 7) is 19.6. The summed E-state index contributed by atoms with van der Waals surface area (Å²) in [4.78, 5) is 13.9. The van der Waals surface area contributed by atoms with Crippen molar-refractivity contribution < 1.29 is 0 Å². The van der Waals surface area contributed by atoms with Gasteiger partial charge in [-0.3, -0.25) is 9.88 Å². The fourth-order valence-corrected chi connectivity index (χ4v) is 6.40. The van der Waals surface area contributed by atoms with Crippen LogP contribution in [0.4, 0.5) is 0 Å². The van der Waals surface area contributed by atoms with E-state index >= 15 is 0 Å². The molecule has 0 unspecified atom stereocenters. The molecule has 0 amide bonds. The first kappa shape index (κ1) is 23.6. The van der Waals surface area contributed by atoms with Crippen LogP contribution in [0.15, 0.2) is 24.3 Å². The number of rotatable bonds is 5. The topological polar surface area (TPSA) is 35.2 Å². The molecule has 2 aliphatic rings. The summed E-state index contributed by atoms with van der Waals surface area (Å²) in [7, 11) is 0. The number of nitrogens with one attached hydrogen (secondary N) is 1. The molecule has 3 aromatic rings. The molecule has 2 aliphatic heterocycles. The zero-order valence-corrected chi connectivity index (χ0v) is 22.0. The maximum absolute atomic E-state index is 4.60. The molecule has 4 heteroatoms. The molecule has 0 aliphatic carbocycles. The van der Waals surface area contributed by atoms with E-state index in [1.807, 2.05) is 0 Å². The van der Waals surface area contributed by atoms with Crippen molar-refractivity contribution in [2.24, 2.45) is 5.92 Å². The molecule has 0 saturated carbocycles. The largest absolute Gasteiger partial charge is 0.354 e. The number of nitrogens with zero attached hydrogens (tertiary/aromatic N) is 3. The predicted molar refractivity (Wildman–Crippen MR) is 144 cm³/mol. The molecule has 2 aromatic heterocycles. The minimum Gasteiger partial charge on any atom is -0.354 e. The Morgan fingerprint density at radius 2 is 1.65 bits per heavy atom. The number of aromatic amines is 1. The van der Waals surface area contributed by atoms with Gasteiger partial charge < -0.3 is 9.88 Å². The van der Waals surface area contributed by atoms with Crippen LogP contribution < -0.4 is 0 Å². The Morgan fingerprint density at radius 1 is 0.941 bits per heavy atom. The number of hydrogen-bond acceptors (Lipinski definition) is 3. The molecule has 5 rings (SSSR count). The zero-order chi connectivity index (χ0) is 24.0. The number of fused-ring (bicyclic) bond motifs is 2. The summed E-state index contributed by atoms with van der Waals surface area (Å²) in [6, 6.07) is 10.1. The summed E-state index contributed by atoms with van der Waals surface area (Å²) in [5.74, 6) is 1.22. The van der Waals surface area contributed by atoms with E-state index in [-0.39, 0.29) is 0 Å². The Bertz CT molecular complexity index is 1140. The van der Waals surface area contributed by atoms with Crippen LogP contribution in [0.1, 0.15) is 74.5 Å². The summed E-state index contributed by atoms with van der Waals surface area (Å²) in [5.41, 5.74) is 10.5. The molecule has 1 saturated heterocycles. The van der Waals surface area contributed by atoms with Gasteiger partial charge in [0, 0.05) is 53.5 Å². The van der Waals surface area contributed by atoms with Gasteiger partial charge in [0.15, 0.2) is 0 Å². The van der Waals surface area contributed by atoms with Crippen molar-refractivity contribution in [3.8, 4) is 11.3 Å². The van der Waals surface area contributed by atoms with Crippen molar-refractivity contribution in [1.29, 1.82) is 0 Å². The second kappa shape index (κ2) is 9.47. The third kappa shape index (κ3) is 4.67. The molecule has 1 N–H and O–H groups in total. The Morgan fingerprint density at radius 3 is 2.29 bits per heavy atom. The molecule has 0 radical (unpaired) electrons. The average Bonchev–Trinajstić information content (AvgIpc) is 3.15. The van der Waals surface area contributed by atoms with E-state index in [1.54, 1.807) is 0 Å². The van der Waals surface area contributed by atoms with Gasteiger partial charge >= 0.3 is 0 Å². The molecule has 1 fully saturated rings. The third-order valence-electron chi connectivity index (χ3n) is 7.85. The smallest absolute Gasteiger partial charge is 0.0501 e. The monoisotopic (exact) mass is 458 g/mol. The van der Waals surface area contributed by atoms with Crippen LogP contribution in [0, 0.1) is 19.8 Å². The van der Waals surface area contributed by atoms with Crippen molar-refractivity contribution >= 4 is 10.9 Å². The first-order valence-electron chi connectivity index (χ1n) is 13.4. The van der Waals surface area contributed by atoms with Crippen LogP contribution >= 0.6 is 0 Å². The van der Waals surface area contributed by atoms with Gasteiger partial charge in [0.1, 0.15) is 0 Å². The Hall–Kier alpha value is -2.17. The standard InChI is InChI=1S/C30H42N4/c1-19(2)17-33-10-8-26(9-11-33)34-12-7-23-16-28-27(15-25(23)18-34)29(20(3)4)30(32-28)24-13-21(5)31-22(6)14-24/h13-16,19-20,26,32H,7-12,17-18H2,1-6H3. The summed E-state index contributed by atoms with van der Waals surface area (Å²) >= 11 is 0. The van der Waals surface area contributed by atoms with Crippen LogP contribution in [0.3, 0.4) is 0 Å². The molecule has 182 valence electrons. The second-order valence-electron chi connectivity index (χ2n) is 11.5. The van der Waals surface area contributed by atoms with Crippen molar-refractivity contribution in [2.45, 2.75) is 79.3 Å². The fraction of sp³-hybridized carbons (Fsp3) is 0.567. The first-order valence-corrected chi connectivity index (χ1v) is 13.4. The van der Waals surface area contributed by atoms with Gasteiger partial charge in [-0.1, -0.05) is 27.7 Å². The minimum absolute atomic E-state index is 0.459. The number of hydrogen-bond donors (Lipinski definition) is 1. The van der Waals surface area contributed by atoms with Gasteiger partial charge in [-0.25, -0.2) is 0 Å². The molecule has 0 bridgehead atoms. The van der Waals surface area contributed by atoms with Gasteiger partial charge in [0.05, 0.1) is 5.69 Å². The van der Waals surface area contributed by atoms with Crippen LogP contribution in [-0.4, -0.2) is 52.0 Å². The summed E-state index contributed by atoms with van der Waals surface area (Å²) in [5, 5.41) is 1.41. The minimum atomic E-state index is 0.459. The normalized spacial score (nSPS) is 18.4. The van der Waals surface area contributed by atoms with Gasteiger partial charge in [0.2, 0.25) is 0 Å². The molecule has 4 heterocycles. The number of piperidine rings is 1. The third-order valence-corrected chi connectivity index (χ3v) is 7.85. The Kier molecular flexibility index (Phi) is 6.56. The van der Waals surface area contributed by atoms with Crippen molar-refractivity contribution in [3.05, 3.63) is 52.3 Å². The van der Waals surface area contributed by atoms with Crippen LogP contribution in [-0.2, 0) is 13.0 Å². The van der Waals surface area contributed by atoms with E-state index in [1.165, 1.54) is 77.9 Å². The Labute approximate surface area is 205 Å². The highest BCUT2D eigenvalue weighted by atomic mass is 15.2. The zero-order valence-electron chi connectivity index (χ0n) is 22.0. The van der Waals surface area contributed by atoms with E-state index in [9.17, 15) is 0 Å². The number of pyridine rings is 1. The lowest BCUT2D eigenvalue weighted by atomic mass is 9.91. The van der Waals surface area contributed by atoms with Crippen LogP contribution in [0.5, 0.6) is 0 Å². The fourth-order valence-electron chi connectivity index (χ4n) is 6.40. The number of likely N-dealkylation sites (tertiary alicyclic amines) is 1. The Balaban J connectivity index is 1.43. The molecule has 34 heavy (non-hydrogen) atoms. The number of aromatic nitrogens is 2. The van der Waals surface area contributed by atoms with Gasteiger partial charge in [-0.05, 0) is 99.0 Å². The number of benzene rings is 1. The van der Waals surface area contributed by atoms with Gasteiger partial charge in [-0.2, -0.15) is 0 Å². The molecule has 1 aromatic carbocycles. The SMILES string of the molecule is Cc1cc(-c2[nH]c3cc4c(cc3c2C(C)C)CN(C2CCN(CC(C)C)CC2)CC4)cc(C)n1. The lowest BCUT2D eigenvalue weighted by Crippen LogP contribution is -2.47. The van der Waals surface area contributed by atoms with Gasteiger partial charge in [0.25, 0.3) is 0 Å². The lowest BCUT2D eigenvalue weighted by Gasteiger charge is -2.41. The summed E-state index contributed by atoms with van der Waals surface area (Å²) < 4.78 is 0. The quantitative estimate of drug-likeness (QED) is 0.477. The van der Waals surface area contributed by atoms with E-state index in [2.05, 4.69) is 85.6 Å². The molecule has 4 nitrogen and oxygen atoms in total. The number of H-pyrrole nitrogens is 1. The van der Waals surface area contributed by atoms with Crippen LogP contribution in [0.2, 0.25) is 0 Å². The van der Waals surface area contributed by atoms with E-state index in [0.717, 1.165) is 36.3 Å². The van der Waals surface area contributed by atoms with Gasteiger partial charge in [-0.15, -0.1) is 0 Å². The van der Waals surface area contributed by atoms with Crippen molar-refractivity contribution in [1.82, 2.24) is 19.8 Å². The van der Waals surface area contributed by atoms with E-state index in [4.69, 9.17) is 0 Å². The highest BCUT2D eigenvalue weighted by Gasteiger charge is 2.28. The summed E-state index contributed by atoms with van der Waals surface area (Å²) in [6.07, 6.45) is 3.80. The van der Waals surface area contributed by atoms with Crippen molar-refractivity contribution in [3.63, 3.8) is 0 Å². The average molecular weight is 459 g/mol. The molecular formula is C30H42N4. The highest BCUT2D eigenvalue weighted by molar-refractivity contribution is 5.92. The van der Waals surface area contributed by atoms with Crippen LogP contribution in [0.25, 0.3) is 22.2 Å². The molecule has 0 spiro atoms. The second-order valence-corrected chi connectivity index (χ2v) is 11.5. The highest BCUT2D eigenvalue weighted by Crippen LogP contribution is 2.38. The molecule has 0 atom stereocenters. The lowest BCUT2D eigenvalue weighted by molar-refractivity contribution is 0.0927.